The highest BCUT2D eigenvalue weighted by Crippen LogP contribution is 2.28. The van der Waals surface area contributed by atoms with Gasteiger partial charge in [0.25, 0.3) is 0 Å². The quantitative estimate of drug-likeness (QED) is 0.621. The number of fused-ring (bicyclic) bond motifs is 1. The molecule has 138 valence electrons. The summed E-state index contributed by atoms with van der Waals surface area (Å²) in [6.45, 7) is 3.81. The van der Waals surface area contributed by atoms with Crippen LogP contribution in [0.25, 0.3) is 10.8 Å². The molecule has 3 aromatic carbocycles. The third-order valence-corrected chi connectivity index (χ3v) is 4.77. The van der Waals surface area contributed by atoms with Gasteiger partial charge in [-0.15, -0.1) is 0 Å². The average molecular weight is 382 g/mol. The molecule has 0 heterocycles. The topological polar surface area (TPSA) is 55.4 Å². The highest BCUT2D eigenvalue weighted by molar-refractivity contribution is 6.34. The predicted molar refractivity (Wildman–Crippen MR) is 108 cm³/mol. The molecule has 27 heavy (non-hydrogen) atoms. The van der Waals surface area contributed by atoms with Gasteiger partial charge in [0, 0.05) is 0 Å². The average Bonchev–Trinajstić information content (AvgIpc) is 2.65. The molecule has 1 N–H and O–H groups in total. The van der Waals surface area contributed by atoms with E-state index in [1.807, 2.05) is 42.5 Å². The number of esters is 1. The lowest BCUT2D eigenvalue weighted by molar-refractivity contribution is -0.115. The normalized spacial score (nSPS) is 10.6. The lowest BCUT2D eigenvalue weighted by atomic mass is 10.0. The number of rotatable bonds is 5. The van der Waals surface area contributed by atoms with Gasteiger partial charge in [0.05, 0.1) is 29.3 Å². The van der Waals surface area contributed by atoms with Crippen LogP contribution in [0.5, 0.6) is 0 Å². The number of amides is 1. The molecular formula is C22H20ClNO3. The first-order chi connectivity index (χ1) is 13.0. The van der Waals surface area contributed by atoms with E-state index in [9.17, 15) is 9.59 Å². The van der Waals surface area contributed by atoms with Crippen molar-refractivity contribution in [3.8, 4) is 0 Å². The van der Waals surface area contributed by atoms with Crippen LogP contribution < -0.4 is 5.32 Å². The maximum atomic E-state index is 12.6. The van der Waals surface area contributed by atoms with E-state index in [2.05, 4.69) is 5.32 Å². The zero-order chi connectivity index (χ0) is 19.4. The van der Waals surface area contributed by atoms with Crippen molar-refractivity contribution in [1.82, 2.24) is 0 Å². The van der Waals surface area contributed by atoms with E-state index >= 15 is 0 Å². The van der Waals surface area contributed by atoms with E-state index in [4.69, 9.17) is 16.3 Å². The maximum Gasteiger partial charge on any atom is 0.338 e. The highest BCUT2D eigenvalue weighted by Gasteiger charge is 2.15. The van der Waals surface area contributed by atoms with Crippen LogP contribution in [0.1, 0.15) is 28.4 Å². The molecule has 1 amide bonds. The van der Waals surface area contributed by atoms with Gasteiger partial charge >= 0.3 is 5.97 Å². The van der Waals surface area contributed by atoms with Crippen LogP contribution in [0, 0.1) is 6.92 Å². The first-order valence-corrected chi connectivity index (χ1v) is 9.11. The van der Waals surface area contributed by atoms with E-state index in [0.717, 1.165) is 16.3 Å². The number of carbonyl (C=O) groups excluding carboxylic acids is 2. The SMILES string of the molecule is CCOC(=O)c1cc(C)c(Cl)c(NC(=O)Cc2cccc3ccccc23)c1. The Labute approximate surface area is 163 Å². The van der Waals surface area contributed by atoms with Crippen LogP contribution in [0.15, 0.2) is 54.6 Å². The number of hydrogen-bond donors (Lipinski definition) is 1. The van der Waals surface area contributed by atoms with Crippen LogP contribution >= 0.6 is 11.6 Å². The molecule has 4 nitrogen and oxygen atoms in total. The first-order valence-electron chi connectivity index (χ1n) is 8.73. The molecule has 0 aliphatic rings. The van der Waals surface area contributed by atoms with Gasteiger partial charge in [0.15, 0.2) is 0 Å². The van der Waals surface area contributed by atoms with Gasteiger partial charge < -0.3 is 10.1 Å². The lowest BCUT2D eigenvalue weighted by Gasteiger charge is -2.12. The van der Waals surface area contributed by atoms with E-state index < -0.39 is 5.97 Å². The number of benzene rings is 3. The summed E-state index contributed by atoms with van der Waals surface area (Å²) in [4.78, 5) is 24.6. The second-order valence-corrected chi connectivity index (χ2v) is 6.62. The highest BCUT2D eigenvalue weighted by atomic mass is 35.5. The van der Waals surface area contributed by atoms with E-state index in [-0.39, 0.29) is 18.9 Å². The molecule has 0 bridgehead atoms. The Morgan fingerprint density at radius 1 is 1.07 bits per heavy atom. The lowest BCUT2D eigenvalue weighted by Crippen LogP contribution is -2.16. The van der Waals surface area contributed by atoms with Gasteiger partial charge in [0.1, 0.15) is 0 Å². The summed E-state index contributed by atoms with van der Waals surface area (Å²) >= 11 is 6.32. The fraction of sp³-hybridized carbons (Fsp3) is 0.182. The minimum atomic E-state index is -0.443. The van der Waals surface area contributed by atoms with E-state index in [1.165, 1.54) is 0 Å². The minimum absolute atomic E-state index is 0.200. The molecule has 0 atom stereocenters. The second-order valence-electron chi connectivity index (χ2n) is 6.24. The van der Waals surface area contributed by atoms with Gasteiger partial charge in [-0.1, -0.05) is 54.1 Å². The van der Waals surface area contributed by atoms with Crippen molar-refractivity contribution in [2.24, 2.45) is 0 Å². The van der Waals surface area contributed by atoms with Crippen LogP contribution in [0.3, 0.4) is 0 Å². The molecule has 0 saturated carbocycles. The number of hydrogen-bond acceptors (Lipinski definition) is 3. The van der Waals surface area contributed by atoms with Crippen LogP contribution in [-0.2, 0) is 16.0 Å². The molecule has 0 aliphatic carbocycles. The standard InChI is InChI=1S/C22H20ClNO3/c1-3-27-22(26)17-11-14(2)21(23)19(12-17)24-20(25)13-16-9-6-8-15-7-4-5-10-18(15)16/h4-12H,3,13H2,1-2H3,(H,24,25). The van der Waals surface area contributed by atoms with E-state index in [1.54, 1.807) is 26.0 Å². The van der Waals surface area contributed by atoms with Crippen molar-refractivity contribution in [3.05, 3.63) is 76.3 Å². The molecule has 0 aromatic heterocycles. The zero-order valence-electron chi connectivity index (χ0n) is 15.2. The summed E-state index contributed by atoms with van der Waals surface area (Å²) in [7, 11) is 0. The van der Waals surface area contributed by atoms with Gasteiger partial charge in [-0.3, -0.25) is 4.79 Å². The van der Waals surface area contributed by atoms with Gasteiger partial charge in [-0.05, 0) is 47.9 Å². The van der Waals surface area contributed by atoms with Gasteiger partial charge in [0.2, 0.25) is 5.91 Å². The Kier molecular flexibility index (Phi) is 5.77. The van der Waals surface area contributed by atoms with Crippen molar-refractivity contribution in [3.63, 3.8) is 0 Å². The molecule has 0 fully saturated rings. The maximum absolute atomic E-state index is 12.6. The van der Waals surface area contributed by atoms with Crippen LogP contribution in [-0.4, -0.2) is 18.5 Å². The fourth-order valence-corrected chi connectivity index (χ4v) is 3.16. The minimum Gasteiger partial charge on any atom is -0.462 e. The summed E-state index contributed by atoms with van der Waals surface area (Å²) in [5.41, 5.74) is 2.40. The first kappa shape index (κ1) is 18.9. The van der Waals surface area contributed by atoms with Crippen molar-refractivity contribution in [2.75, 3.05) is 11.9 Å². The second kappa shape index (κ2) is 8.23. The summed E-state index contributed by atoms with van der Waals surface area (Å²) in [6, 6.07) is 17.0. The number of aryl methyl sites for hydroxylation is 1. The van der Waals surface area contributed by atoms with Crippen LogP contribution in [0.4, 0.5) is 5.69 Å². The van der Waals surface area contributed by atoms with Crippen molar-refractivity contribution < 1.29 is 14.3 Å². The molecule has 3 aromatic rings. The monoisotopic (exact) mass is 381 g/mol. The summed E-state index contributed by atoms with van der Waals surface area (Å²) in [6.07, 6.45) is 0.209. The molecule has 0 spiro atoms. The molecule has 0 unspecified atom stereocenters. The third-order valence-electron chi connectivity index (χ3n) is 4.27. The Morgan fingerprint density at radius 3 is 2.59 bits per heavy atom. The van der Waals surface area contributed by atoms with Crippen molar-refractivity contribution >= 4 is 39.9 Å². The van der Waals surface area contributed by atoms with Crippen molar-refractivity contribution in [2.45, 2.75) is 20.3 Å². The molecule has 5 heteroatoms. The van der Waals surface area contributed by atoms with Gasteiger partial charge in [-0.25, -0.2) is 4.79 Å². The summed E-state index contributed by atoms with van der Waals surface area (Å²) in [5, 5.41) is 5.36. The molecule has 0 radical (unpaired) electrons. The van der Waals surface area contributed by atoms with E-state index in [0.29, 0.717) is 21.8 Å². The molecule has 0 aliphatic heterocycles. The number of anilines is 1. The Morgan fingerprint density at radius 2 is 1.81 bits per heavy atom. The Balaban J connectivity index is 1.84. The number of halogens is 1. The largest absolute Gasteiger partial charge is 0.462 e. The fourth-order valence-electron chi connectivity index (χ4n) is 3.01. The van der Waals surface area contributed by atoms with Gasteiger partial charge in [-0.2, -0.15) is 0 Å². The zero-order valence-corrected chi connectivity index (χ0v) is 16.0. The van der Waals surface area contributed by atoms with Crippen molar-refractivity contribution in [1.29, 1.82) is 0 Å². The molecule has 0 saturated heterocycles. The molecular weight excluding hydrogens is 362 g/mol. The molecule has 3 rings (SSSR count). The Bertz CT molecular complexity index is 1010. The summed E-state index contributed by atoms with van der Waals surface area (Å²) in [5.74, 6) is -0.643. The third kappa shape index (κ3) is 4.29. The smallest absolute Gasteiger partial charge is 0.338 e. The van der Waals surface area contributed by atoms with Crippen LogP contribution in [0.2, 0.25) is 5.02 Å². The summed E-state index contributed by atoms with van der Waals surface area (Å²) < 4.78 is 5.03. The Hall–Kier alpha value is -2.85. The number of ether oxygens (including phenoxy) is 1. The predicted octanol–water partition coefficient (Wildman–Crippen LogP) is 5.16. The number of nitrogens with one attached hydrogen (secondary N) is 1. The number of carbonyl (C=O) groups is 2.